The van der Waals surface area contributed by atoms with Crippen molar-refractivity contribution in [1.82, 2.24) is 0 Å². The Hall–Kier alpha value is -2.73. The average molecular weight is 244 g/mol. The van der Waals surface area contributed by atoms with Crippen LogP contribution in [0.3, 0.4) is 0 Å². The topological polar surface area (TPSA) is 103 Å². The largest absolute Gasteiger partial charge is 0.465 e. The SMILES string of the molecule is COC(=O)c1cccc(N(CC#N)CC#N)c1N. The van der Waals surface area contributed by atoms with Gasteiger partial charge in [-0.25, -0.2) is 4.79 Å². The van der Waals surface area contributed by atoms with Crippen LogP contribution in [0, 0.1) is 22.7 Å². The first-order valence-corrected chi connectivity index (χ1v) is 5.11. The number of carbonyl (C=O) groups excluding carboxylic acids is 1. The number of rotatable bonds is 4. The standard InChI is InChI=1S/C12H12N4O2/c1-18-12(17)9-3-2-4-10(11(9)15)16(7-5-13)8-6-14/h2-4H,7-8,15H2,1H3. The molecule has 1 aromatic rings. The molecule has 0 unspecified atom stereocenters. The number of benzene rings is 1. The molecule has 0 atom stereocenters. The van der Waals surface area contributed by atoms with Gasteiger partial charge in [0, 0.05) is 0 Å². The van der Waals surface area contributed by atoms with E-state index in [9.17, 15) is 4.79 Å². The molecule has 0 aromatic heterocycles. The molecule has 2 N–H and O–H groups in total. The summed E-state index contributed by atoms with van der Waals surface area (Å²) in [6, 6.07) is 8.69. The minimum absolute atomic E-state index is 0.0163. The van der Waals surface area contributed by atoms with Crippen molar-refractivity contribution in [2.24, 2.45) is 0 Å². The maximum absolute atomic E-state index is 11.5. The molecule has 1 rings (SSSR count). The molecule has 0 amide bonds. The second kappa shape index (κ2) is 6.12. The second-order valence-corrected chi connectivity index (χ2v) is 3.40. The Bertz CT molecular complexity index is 512. The summed E-state index contributed by atoms with van der Waals surface area (Å²) in [6.07, 6.45) is 0. The van der Waals surface area contributed by atoms with Crippen molar-refractivity contribution in [2.45, 2.75) is 0 Å². The van der Waals surface area contributed by atoms with Crippen molar-refractivity contribution in [2.75, 3.05) is 30.8 Å². The predicted octanol–water partition coefficient (Wildman–Crippen LogP) is 0.909. The second-order valence-electron chi connectivity index (χ2n) is 3.40. The molecule has 0 fully saturated rings. The minimum atomic E-state index is -0.553. The van der Waals surface area contributed by atoms with Crippen LogP contribution >= 0.6 is 0 Å². The molecule has 6 heteroatoms. The molecule has 0 saturated carbocycles. The summed E-state index contributed by atoms with van der Waals surface area (Å²) < 4.78 is 4.60. The van der Waals surface area contributed by atoms with Crippen molar-refractivity contribution >= 4 is 17.3 Å². The highest BCUT2D eigenvalue weighted by Crippen LogP contribution is 2.26. The van der Waals surface area contributed by atoms with E-state index >= 15 is 0 Å². The van der Waals surface area contributed by atoms with Crippen LogP contribution in [0.4, 0.5) is 11.4 Å². The third-order valence-corrected chi connectivity index (χ3v) is 2.35. The highest BCUT2D eigenvalue weighted by Gasteiger charge is 2.16. The van der Waals surface area contributed by atoms with E-state index in [0.29, 0.717) is 5.69 Å². The van der Waals surface area contributed by atoms with Crippen LogP contribution in [0.25, 0.3) is 0 Å². The fourth-order valence-corrected chi connectivity index (χ4v) is 1.51. The maximum Gasteiger partial charge on any atom is 0.340 e. The third-order valence-electron chi connectivity index (χ3n) is 2.35. The van der Waals surface area contributed by atoms with E-state index in [-0.39, 0.29) is 24.3 Å². The molecule has 0 heterocycles. The molecule has 0 aliphatic heterocycles. The molecule has 0 saturated heterocycles. The van der Waals surface area contributed by atoms with E-state index in [4.69, 9.17) is 16.3 Å². The number of nitriles is 2. The predicted molar refractivity (Wildman–Crippen MR) is 65.6 cm³/mol. The van der Waals surface area contributed by atoms with E-state index < -0.39 is 5.97 Å². The van der Waals surface area contributed by atoms with Crippen molar-refractivity contribution < 1.29 is 9.53 Å². The summed E-state index contributed by atoms with van der Waals surface area (Å²) in [5, 5.41) is 17.4. The number of nitrogen functional groups attached to an aromatic ring is 1. The number of ether oxygens (including phenoxy) is 1. The summed E-state index contributed by atoms with van der Waals surface area (Å²) in [7, 11) is 1.26. The lowest BCUT2D eigenvalue weighted by atomic mass is 10.1. The lowest BCUT2D eigenvalue weighted by molar-refractivity contribution is 0.0602. The summed E-state index contributed by atoms with van der Waals surface area (Å²) in [6.45, 7) is 0.0325. The summed E-state index contributed by atoms with van der Waals surface area (Å²) in [4.78, 5) is 13.0. The molecule has 0 aliphatic rings. The van der Waals surface area contributed by atoms with Gasteiger partial charge < -0.3 is 15.4 Å². The maximum atomic E-state index is 11.5. The lowest BCUT2D eigenvalue weighted by Gasteiger charge is -2.21. The molecule has 0 aliphatic carbocycles. The number of hydrogen-bond acceptors (Lipinski definition) is 6. The highest BCUT2D eigenvalue weighted by molar-refractivity contribution is 5.98. The molecule has 0 bridgehead atoms. The minimum Gasteiger partial charge on any atom is -0.465 e. The van der Waals surface area contributed by atoms with Gasteiger partial charge in [0.25, 0.3) is 0 Å². The smallest absolute Gasteiger partial charge is 0.340 e. The van der Waals surface area contributed by atoms with Gasteiger partial charge in [-0.15, -0.1) is 0 Å². The molecule has 18 heavy (non-hydrogen) atoms. The van der Waals surface area contributed by atoms with Crippen LogP contribution in [-0.4, -0.2) is 26.2 Å². The number of para-hydroxylation sites is 1. The number of carbonyl (C=O) groups is 1. The van der Waals surface area contributed by atoms with E-state index in [1.807, 2.05) is 12.1 Å². The van der Waals surface area contributed by atoms with E-state index in [1.165, 1.54) is 18.1 Å². The molecule has 1 aromatic carbocycles. The number of anilines is 2. The molecule has 0 spiro atoms. The Kier molecular flexibility index (Phi) is 4.53. The Morgan fingerprint density at radius 1 is 1.39 bits per heavy atom. The highest BCUT2D eigenvalue weighted by atomic mass is 16.5. The van der Waals surface area contributed by atoms with Crippen LogP contribution < -0.4 is 10.6 Å². The summed E-state index contributed by atoms with van der Waals surface area (Å²) in [5.41, 5.74) is 6.76. The Labute approximate surface area is 105 Å². The number of esters is 1. The van der Waals surface area contributed by atoms with E-state index in [2.05, 4.69) is 4.74 Å². The molecule has 0 radical (unpaired) electrons. The van der Waals surface area contributed by atoms with Crippen molar-refractivity contribution in [3.63, 3.8) is 0 Å². The monoisotopic (exact) mass is 244 g/mol. The van der Waals surface area contributed by atoms with Crippen LogP contribution in [0.5, 0.6) is 0 Å². The first-order chi connectivity index (χ1) is 8.65. The fraction of sp³-hybridized carbons (Fsp3) is 0.250. The van der Waals surface area contributed by atoms with Gasteiger partial charge in [0.15, 0.2) is 0 Å². The first-order valence-electron chi connectivity index (χ1n) is 5.11. The van der Waals surface area contributed by atoms with Crippen LogP contribution in [-0.2, 0) is 4.74 Å². The lowest BCUT2D eigenvalue weighted by Crippen LogP contribution is -2.25. The van der Waals surface area contributed by atoms with Crippen LogP contribution in [0.2, 0.25) is 0 Å². The van der Waals surface area contributed by atoms with Gasteiger partial charge in [-0.1, -0.05) is 6.07 Å². The van der Waals surface area contributed by atoms with Gasteiger partial charge in [-0.05, 0) is 12.1 Å². The fourth-order valence-electron chi connectivity index (χ4n) is 1.51. The van der Waals surface area contributed by atoms with Crippen molar-refractivity contribution in [1.29, 1.82) is 10.5 Å². The summed E-state index contributed by atoms with van der Waals surface area (Å²) >= 11 is 0. The quantitative estimate of drug-likeness (QED) is 0.479. The zero-order valence-electron chi connectivity index (χ0n) is 9.88. The van der Waals surface area contributed by atoms with E-state index in [0.717, 1.165) is 0 Å². The van der Waals surface area contributed by atoms with Crippen LogP contribution in [0.1, 0.15) is 10.4 Å². The van der Waals surface area contributed by atoms with Crippen LogP contribution in [0.15, 0.2) is 18.2 Å². The molecule has 92 valence electrons. The Morgan fingerprint density at radius 2 is 2.00 bits per heavy atom. The number of nitrogens with two attached hydrogens (primary N) is 1. The van der Waals surface area contributed by atoms with Gasteiger partial charge in [0.1, 0.15) is 13.1 Å². The van der Waals surface area contributed by atoms with E-state index in [1.54, 1.807) is 12.1 Å². The Balaban J connectivity index is 3.21. The van der Waals surface area contributed by atoms with Gasteiger partial charge >= 0.3 is 5.97 Å². The molecular weight excluding hydrogens is 232 g/mol. The zero-order chi connectivity index (χ0) is 13.5. The van der Waals surface area contributed by atoms with Crippen molar-refractivity contribution in [3.8, 4) is 12.1 Å². The number of methoxy groups -OCH3 is 1. The Morgan fingerprint density at radius 3 is 2.50 bits per heavy atom. The van der Waals surface area contributed by atoms with Gasteiger partial charge in [-0.3, -0.25) is 0 Å². The average Bonchev–Trinajstić information content (AvgIpc) is 2.38. The molecule has 6 nitrogen and oxygen atoms in total. The number of hydrogen-bond donors (Lipinski definition) is 1. The number of nitrogens with zero attached hydrogens (tertiary/aromatic N) is 3. The third kappa shape index (κ3) is 2.69. The summed E-state index contributed by atoms with van der Waals surface area (Å²) in [5.74, 6) is -0.553. The first kappa shape index (κ1) is 13.3. The van der Waals surface area contributed by atoms with Gasteiger partial charge in [-0.2, -0.15) is 10.5 Å². The van der Waals surface area contributed by atoms with Crippen molar-refractivity contribution in [3.05, 3.63) is 23.8 Å². The normalized spacial score (nSPS) is 9.06. The molecular formula is C12H12N4O2. The zero-order valence-corrected chi connectivity index (χ0v) is 9.88. The van der Waals surface area contributed by atoms with Gasteiger partial charge in [0.2, 0.25) is 0 Å². The van der Waals surface area contributed by atoms with Gasteiger partial charge in [0.05, 0.1) is 36.2 Å².